The van der Waals surface area contributed by atoms with Gasteiger partial charge in [0.05, 0.1) is 13.7 Å². The molecule has 1 fully saturated rings. The van der Waals surface area contributed by atoms with Crippen LogP contribution in [0.25, 0.3) is 0 Å². The van der Waals surface area contributed by atoms with Crippen LogP contribution in [0.5, 0.6) is 11.5 Å². The minimum Gasteiger partial charge on any atom is -0.497 e. The molecule has 0 saturated heterocycles. The lowest BCUT2D eigenvalue weighted by molar-refractivity contribution is -0.123. The molecule has 1 amide bonds. The number of methoxy groups -OCH3 is 1. The number of carbonyl (C=O) groups is 1. The Labute approximate surface area is 157 Å². The van der Waals surface area contributed by atoms with Crippen LogP contribution in [0.15, 0.2) is 24.3 Å². The summed E-state index contributed by atoms with van der Waals surface area (Å²) in [6.07, 6.45) is 7.16. The van der Waals surface area contributed by atoms with Crippen molar-refractivity contribution in [3.05, 3.63) is 24.3 Å². The summed E-state index contributed by atoms with van der Waals surface area (Å²) in [4.78, 5) is 12.2. The van der Waals surface area contributed by atoms with Crippen molar-refractivity contribution in [3.8, 4) is 11.5 Å². The normalized spacial score (nSPS) is 15.8. The molecule has 2 rings (SSSR count). The number of hydrogen-bond donors (Lipinski definition) is 2. The van der Waals surface area contributed by atoms with E-state index in [9.17, 15) is 4.79 Å². The summed E-state index contributed by atoms with van der Waals surface area (Å²) in [5.74, 6) is 1.74. The second kappa shape index (κ2) is 11.2. The SMILES string of the molecule is COc1ccc(OCCCNC(=O)CC2(CN)CCCCC2)cc1.Cl. The number of hydrogen-bond acceptors (Lipinski definition) is 4. The third kappa shape index (κ3) is 7.12. The lowest BCUT2D eigenvalue weighted by atomic mass is 9.71. The molecule has 5 nitrogen and oxygen atoms in total. The van der Waals surface area contributed by atoms with Crippen molar-refractivity contribution < 1.29 is 14.3 Å². The van der Waals surface area contributed by atoms with E-state index < -0.39 is 0 Å². The van der Waals surface area contributed by atoms with E-state index in [1.165, 1.54) is 19.3 Å². The summed E-state index contributed by atoms with van der Waals surface area (Å²) in [7, 11) is 1.64. The zero-order valence-electron chi connectivity index (χ0n) is 15.1. The van der Waals surface area contributed by atoms with Gasteiger partial charge < -0.3 is 20.5 Å². The molecule has 0 radical (unpaired) electrons. The number of benzene rings is 1. The number of ether oxygens (including phenoxy) is 2. The quantitative estimate of drug-likeness (QED) is 0.654. The van der Waals surface area contributed by atoms with E-state index in [1.54, 1.807) is 7.11 Å². The van der Waals surface area contributed by atoms with Crippen LogP contribution in [0.4, 0.5) is 0 Å². The average molecular weight is 371 g/mol. The summed E-state index contributed by atoms with van der Waals surface area (Å²) < 4.78 is 10.8. The Morgan fingerprint density at radius 1 is 1.16 bits per heavy atom. The Kier molecular flexibility index (Phi) is 9.68. The number of rotatable bonds is 9. The minimum absolute atomic E-state index is 0. The molecule has 3 N–H and O–H groups in total. The molecule has 0 aromatic heterocycles. The fourth-order valence-corrected chi connectivity index (χ4v) is 3.32. The number of nitrogens with two attached hydrogens (primary N) is 1. The van der Waals surface area contributed by atoms with Crippen LogP contribution in [0, 0.1) is 5.41 Å². The van der Waals surface area contributed by atoms with Crippen molar-refractivity contribution in [1.82, 2.24) is 5.32 Å². The van der Waals surface area contributed by atoms with Crippen molar-refractivity contribution in [1.29, 1.82) is 0 Å². The Morgan fingerprint density at radius 3 is 2.40 bits per heavy atom. The molecular weight excluding hydrogens is 340 g/mol. The number of amides is 1. The fraction of sp³-hybridized carbons (Fsp3) is 0.632. The first kappa shape index (κ1) is 21.6. The van der Waals surface area contributed by atoms with Crippen molar-refractivity contribution in [2.45, 2.75) is 44.9 Å². The molecule has 6 heteroatoms. The van der Waals surface area contributed by atoms with Gasteiger partial charge in [0.1, 0.15) is 11.5 Å². The predicted octanol–water partition coefficient (Wildman–Crippen LogP) is 3.30. The zero-order valence-corrected chi connectivity index (χ0v) is 15.9. The molecule has 1 aromatic carbocycles. The smallest absolute Gasteiger partial charge is 0.220 e. The van der Waals surface area contributed by atoms with Gasteiger partial charge in [0.2, 0.25) is 5.91 Å². The third-order valence-electron chi connectivity index (χ3n) is 4.85. The highest BCUT2D eigenvalue weighted by molar-refractivity contribution is 5.85. The molecule has 1 aliphatic rings. The van der Waals surface area contributed by atoms with E-state index in [0.717, 1.165) is 30.8 Å². The van der Waals surface area contributed by atoms with E-state index in [-0.39, 0.29) is 23.7 Å². The van der Waals surface area contributed by atoms with Crippen LogP contribution < -0.4 is 20.5 Å². The summed E-state index contributed by atoms with van der Waals surface area (Å²) in [6.45, 7) is 1.82. The van der Waals surface area contributed by atoms with E-state index in [2.05, 4.69) is 5.32 Å². The van der Waals surface area contributed by atoms with E-state index >= 15 is 0 Å². The zero-order chi connectivity index (χ0) is 17.3. The molecule has 0 unspecified atom stereocenters. The number of carbonyl (C=O) groups excluding carboxylic acids is 1. The Balaban J connectivity index is 0.00000312. The predicted molar refractivity (Wildman–Crippen MR) is 103 cm³/mol. The van der Waals surface area contributed by atoms with Crippen molar-refractivity contribution >= 4 is 18.3 Å². The van der Waals surface area contributed by atoms with Gasteiger partial charge in [-0.3, -0.25) is 4.79 Å². The first-order chi connectivity index (χ1) is 11.7. The molecule has 1 aliphatic carbocycles. The minimum atomic E-state index is 0. The molecule has 142 valence electrons. The molecule has 0 spiro atoms. The summed E-state index contributed by atoms with van der Waals surface area (Å²) in [5.41, 5.74) is 5.97. The first-order valence-corrected chi connectivity index (χ1v) is 8.91. The molecule has 0 atom stereocenters. The molecule has 0 heterocycles. The standard InChI is InChI=1S/C19H30N2O3.ClH/c1-23-16-6-8-17(9-7-16)24-13-5-12-21-18(22)14-19(15-20)10-3-2-4-11-19;/h6-9H,2-5,10-15,20H2,1H3,(H,21,22);1H. The highest BCUT2D eigenvalue weighted by Crippen LogP contribution is 2.38. The molecule has 0 aliphatic heterocycles. The molecule has 1 saturated carbocycles. The van der Waals surface area contributed by atoms with Gasteiger partial charge in [-0.2, -0.15) is 0 Å². The van der Waals surface area contributed by atoms with Gasteiger partial charge in [-0.05, 0) is 55.5 Å². The van der Waals surface area contributed by atoms with E-state index in [0.29, 0.717) is 26.1 Å². The van der Waals surface area contributed by atoms with Gasteiger partial charge >= 0.3 is 0 Å². The van der Waals surface area contributed by atoms with Gasteiger partial charge in [0, 0.05) is 13.0 Å². The summed E-state index contributed by atoms with van der Waals surface area (Å²) >= 11 is 0. The van der Waals surface area contributed by atoms with Crippen LogP contribution >= 0.6 is 12.4 Å². The van der Waals surface area contributed by atoms with Crippen LogP contribution in [-0.2, 0) is 4.79 Å². The highest BCUT2D eigenvalue weighted by Gasteiger charge is 2.32. The van der Waals surface area contributed by atoms with Crippen LogP contribution in [0.3, 0.4) is 0 Å². The average Bonchev–Trinajstić information content (AvgIpc) is 2.62. The Morgan fingerprint density at radius 2 is 1.80 bits per heavy atom. The highest BCUT2D eigenvalue weighted by atomic mass is 35.5. The lowest BCUT2D eigenvalue weighted by Gasteiger charge is -2.35. The largest absolute Gasteiger partial charge is 0.497 e. The van der Waals surface area contributed by atoms with Gasteiger partial charge in [0.25, 0.3) is 0 Å². The molecule has 25 heavy (non-hydrogen) atoms. The third-order valence-corrected chi connectivity index (χ3v) is 4.85. The fourth-order valence-electron chi connectivity index (χ4n) is 3.32. The van der Waals surface area contributed by atoms with Crippen molar-refractivity contribution in [2.75, 3.05) is 26.8 Å². The first-order valence-electron chi connectivity index (χ1n) is 8.91. The maximum absolute atomic E-state index is 12.2. The second-order valence-corrected chi connectivity index (χ2v) is 6.67. The van der Waals surface area contributed by atoms with Crippen molar-refractivity contribution in [3.63, 3.8) is 0 Å². The number of halogens is 1. The van der Waals surface area contributed by atoms with Gasteiger partial charge in [-0.25, -0.2) is 0 Å². The maximum Gasteiger partial charge on any atom is 0.220 e. The lowest BCUT2D eigenvalue weighted by Crippen LogP contribution is -2.39. The Bertz CT molecular complexity index is 502. The Hall–Kier alpha value is -1.46. The maximum atomic E-state index is 12.2. The van der Waals surface area contributed by atoms with Gasteiger partial charge in [-0.1, -0.05) is 19.3 Å². The molecule has 1 aromatic rings. The van der Waals surface area contributed by atoms with Crippen LogP contribution in [-0.4, -0.2) is 32.7 Å². The second-order valence-electron chi connectivity index (χ2n) is 6.67. The molecule has 0 bridgehead atoms. The summed E-state index contributed by atoms with van der Waals surface area (Å²) in [6, 6.07) is 7.50. The van der Waals surface area contributed by atoms with Gasteiger partial charge in [0.15, 0.2) is 0 Å². The topological polar surface area (TPSA) is 73.6 Å². The van der Waals surface area contributed by atoms with Crippen LogP contribution in [0.1, 0.15) is 44.9 Å². The monoisotopic (exact) mass is 370 g/mol. The van der Waals surface area contributed by atoms with Crippen LogP contribution in [0.2, 0.25) is 0 Å². The summed E-state index contributed by atoms with van der Waals surface area (Å²) in [5, 5.41) is 3.00. The van der Waals surface area contributed by atoms with E-state index in [1.807, 2.05) is 24.3 Å². The molecular formula is C19H31ClN2O3. The number of nitrogens with one attached hydrogen (secondary N) is 1. The van der Waals surface area contributed by atoms with Gasteiger partial charge in [-0.15, -0.1) is 12.4 Å². The van der Waals surface area contributed by atoms with E-state index in [4.69, 9.17) is 15.2 Å². The van der Waals surface area contributed by atoms with Crippen molar-refractivity contribution in [2.24, 2.45) is 11.1 Å².